The van der Waals surface area contributed by atoms with Crippen molar-refractivity contribution in [3.05, 3.63) is 0 Å². The molecule has 1 heteroatoms. The third kappa shape index (κ3) is 1.18. The molecule has 0 aromatic heterocycles. The largest absolute Gasteiger partial charge is 0.0888 e. The summed E-state index contributed by atoms with van der Waals surface area (Å²) in [7, 11) is 0. The Labute approximate surface area is 53.4 Å². The summed E-state index contributed by atoms with van der Waals surface area (Å²) < 4.78 is 0. The van der Waals surface area contributed by atoms with Gasteiger partial charge in [-0.3, -0.25) is 0 Å². The third-order valence-electron chi connectivity index (χ3n) is 1.76. The minimum Gasteiger partial charge on any atom is -0.0888 e. The first-order chi connectivity index (χ1) is 3.30. The van der Waals surface area contributed by atoms with Gasteiger partial charge >= 0.3 is 0 Å². The predicted octanol–water partition coefficient (Wildman–Crippen LogP) is 2.57. The van der Waals surface area contributed by atoms with Crippen LogP contribution in [0.25, 0.3) is 0 Å². The monoisotopic (exact) mass is 162 g/mol. The number of halogens is 1. The van der Waals surface area contributed by atoms with E-state index in [0.717, 1.165) is 10.7 Å². The van der Waals surface area contributed by atoms with Gasteiger partial charge in [-0.1, -0.05) is 29.3 Å². The maximum atomic E-state index is 3.60. The molecule has 0 aromatic carbocycles. The van der Waals surface area contributed by atoms with Crippen molar-refractivity contribution in [3.8, 4) is 0 Å². The molecule has 1 saturated carbocycles. The molecule has 0 nitrogen and oxygen atoms in total. The number of alkyl halides is 1. The van der Waals surface area contributed by atoms with Crippen LogP contribution in [0.2, 0.25) is 0 Å². The molecule has 0 amide bonds. The third-order valence-corrected chi connectivity index (χ3v) is 3.12. The van der Waals surface area contributed by atoms with E-state index in [1.54, 1.807) is 0 Å². The molecule has 1 fully saturated rings. The van der Waals surface area contributed by atoms with Gasteiger partial charge in [-0.25, -0.2) is 0 Å². The van der Waals surface area contributed by atoms with Crippen molar-refractivity contribution in [1.82, 2.24) is 0 Å². The molecule has 0 heterocycles. The van der Waals surface area contributed by atoms with Gasteiger partial charge in [0.15, 0.2) is 0 Å². The zero-order valence-electron chi connectivity index (χ0n) is 4.65. The quantitative estimate of drug-likeness (QED) is 0.481. The minimum absolute atomic E-state index is 0.826. The van der Waals surface area contributed by atoms with Gasteiger partial charge in [0.25, 0.3) is 0 Å². The van der Waals surface area contributed by atoms with Crippen LogP contribution in [0.15, 0.2) is 0 Å². The van der Waals surface area contributed by atoms with Crippen LogP contribution in [0.5, 0.6) is 0 Å². The zero-order chi connectivity index (χ0) is 5.28. The van der Waals surface area contributed by atoms with E-state index in [0.29, 0.717) is 0 Å². The Hall–Kier alpha value is 0.480. The second kappa shape index (κ2) is 2.17. The first-order valence-corrected chi connectivity index (χ1v) is 3.86. The Kier molecular flexibility index (Phi) is 1.74. The first kappa shape index (κ1) is 5.61. The van der Waals surface area contributed by atoms with Crippen molar-refractivity contribution in [2.45, 2.75) is 31.0 Å². The molecule has 1 unspecified atom stereocenters. The van der Waals surface area contributed by atoms with Crippen molar-refractivity contribution < 1.29 is 0 Å². The van der Waals surface area contributed by atoms with Crippen molar-refractivity contribution >= 4 is 15.9 Å². The van der Waals surface area contributed by atoms with E-state index >= 15 is 0 Å². The van der Waals surface area contributed by atoms with Crippen LogP contribution in [0, 0.1) is 5.92 Å². The van der Waals surface area contributed by atoms with Crippen molar-refractivity contribution in [2.24, 2.45) is 5.92 Å². The topological polar surface area (TPSA) is 0 Å². The molecule has 0 saturated heterocycles. The van der Waals surface area contributed by atoms with E-state index < -0.39 is 0 Å². The molecule has 0 aromatic rings. The lowest BCUT2D eigenvalue weighted by atomic mass is 10.1. The Morgan fingerprint density at radius 3 is 2.29 bits per heavy atom. The molecular formula is C6H11Br. The predicted molar refractivity (Wildman–Crippen MR) is 35.7 cm³/mol. The van der Waals surface area contributed by atoms with Crippen molar-refractivity contribution in [2.75, 3.05) is 0 Å². The molecule has 2 atom stereocenters. The average molecular weight is 163 g/mol. The Morgan fingerprint density at radius 1 is 1.43 bits per heavy atom. The van der Waals surface area contributed by atoms with E-state index in [9.17, 15) is 0 Å². The van der Waals surface area contributed by atoms with Gasteiger partial charge in [0, 0.05) is 4.83 Å². The smallest absolute Gasteiger partial charge is 0.0171 e. The highest BCUT2D eigenvalue weighted by molar-refractivity contribution is 9.09. The molecule has 0 radical (unpaired) electrons. The van der Waals surface area contributed by atoms with Crippen molar-refractivity contribution in [3.63, 3.8) is 0 Å². The fraction of sp³-hybridized carbons (Fsp3) is 1.00. The summed E-state index contributed by atoms with van der Waals surface area (Å²) in [6.07, 6.45) is 4.24. The molecule has 0 aliphatic heterocycles. The van der Waals surface area contributed by atoms with Crippen LogP contribution in [0.1, 0.15) is 26.2 Å². The lowest BCUT2D eigenvalue weighted by Gasteiger charge is -2.02. The molecule has 7 heavy (non-hydrogen) atoms. The number of rotatable bonds is 0. The summed E-state index contributed by atoms with van der Waals surface area (Å²) in [5, 5.41) is 0. The summed E-state index contributed by atoms with van der Waals surface area (Å²) in [5.41, 5.74) is 0. The second-order valence-electron chi connectivity index (χ2n) is 2.42. The van der Waals surface area contributed by atoms with E-state index in [4.69, 9.17) is 0 Å². The summed E-state index contributed by atoms with van der Waals surface area (Å²) in [6.45, 7) is 2.31. The summed E-state index contributed by atoms with van der Waals surface area (Å²) in [5.74, 6) is 0.931. The van der Waals surface area contributed by atoms with Gasteiger partial charge in [0.2, 0.25) is 0 Å². The highest BCUT2D eigenvalue weighted by Crippen LogP contribution is 2.30. The van der Waals surface area contributed by atoms with Gasteiger partial charge in [-0.05, 0) is 18.8 Å². The molecule has 0 bridgehead atoms. The Morgan fingerprint density at radius 2 is 2.14 bits per heavy atom. The van der Waals surface area contributed by atoms with Crippen LogP contribution in [0.4, 0.5) is 0 Å². The van der Waals surface area contributed by atoms with Crippen LogP contribution < -0.4 is 0 Å². The standard InChI is InChI=1S/C6H11Br/c1-5-3-2-4-6(5)7/h5-6H,2-4H2,1H3/t5?,6-/m1/s1. The molecule has 1 aliphatic rings. The highest BCUT2D eigenvalue weighted by atomic mass is 79.9. The minimum atomic E-state index is 0.826. The van der Waals surface area contributed by atoms with E-state index in [1.165, 1.54) is 19.3 Å². The van der Waals surface area contributed by atoms with Gasteiger partial charge in [-0.2, -0.15) is 0 Å². The number of hydrogen-bond donors (Lipinski definition) is 0. The molecule has 0 N–H and O–H groups in total. The molecular weight excluding hydrogens is 152 g/mol. The summed E-state index contributed by atoms with van der Waals surface area (Å²) in [4.78, 5) is 0.826. The van der Waals surface area contributed by atoms with Gasteiger partial charge in [0.05, 0.1) is 0 Å². The molecule has 42 valence electrons. The van der Waals surface area contributed by atoms with Crippen LogP contribution in [-0.2, 0) is 0 Å². The Balaban J connectivity index is 2.33. The van der Waals surface area contributed by atoms with Crippen LogP contribution in [-0.4, -0.2) is 4.83 Å². The molecule has 1 rings (SSSR count). The molecule has 0 spiro atoms. The second-order valence-corrected chi connectivity index (χ2v) is 3.60. The van der Waals surface area contributed by atoms with Crippen molar-refractivity contribution in [1.29, 1.82) is 0 Å². The average Bonchev–Trinajstić information content (AvgIpc) is 1.91. The zero-order valence-corrected chi connectivity index (χ0v) is 6.24. The van der Waals surface area contributed by atoms with Crippen LogP contribution >= 0.6 is 15.9 Å². The van der Waals surface area contributed by atoms with Gasteiger partial charge < -0.3 is 0 Å². The van der Waals surface area contributed by atoms with Gasteiger partial charge in [-0.15, -0.1) is 0 Å². The SMILES string of the molecule is CC1CCC[C@H]1Br. The highest BCUT2D eigenvalue weighted by Gasteiger charge is 2.19. The summed E-state index contributed by atoms with van der Waals surface area (Å²) in [6, 6.07) is 0. The lowest BCUT2D eigenvalue weighted by molar-refractivity contribution is 0.631. The van der Waals surface area contributed by atoms with E-state index in [-0.39, 0.29) is 0 Å². The van der Waals surface area contributed by atoms with Gasteiger partial charge in [0.1, 0.15) is 0 Å². The maximum Gasteiger partial charge on any atom is 0.0171 e. The fourth-order valence-corrected chi connectivity index (χ4v) is 1.69. The van der Waals surface area contributed by atoms with E-state index in [1.807, 2.05) is 0 Å². The van der Waals surface area contributed by atoms with E-state index in [2.05, 4.69) is 22.9 Å². The molecule has 1 aliphatic carbocycles. The maximum absolute atomic E-state index is 3.60. The van der Waals surface area contributed by atoms with Crippen LogP contribution in [0.3, 0.4) is 0 Å². The normalized spacial score (nSPS) is 42.0. The number of hydrogen-bond acceptors (Lipinski definition) is 0. The Bertz CT molecular complexity index is 53.2. The lowest BCUT2D eigenvalue weighted by Crippen LogP contribution is -1.98. The summed E-state index contributed by atoms with van der Waals surface area (Å²) >= 11 is 3.60. The fourth-order valence-electron chi connectivity index (χ4n) is 1.10. The first-order valence-electron chi connectivity index (χ1n) is 2.95.